The maximum Gasteiger partial charge on any atom is 0.249 e. The highest BCUT2D eigenvalue weighted by Gasteiger charge is 2.22. The van der Waals surface area contributed by atoms with Gasteiger partial charge in [-0.25, -0.2) is 9.97 Å². The minimum atomic E-state index is -0.296. The Balaban J connectivity index is 1.65. The minimum Gasteiger partial charge on any atom is -0.373 e. The number of nitrogens with one attached hydrogen (secondary N) is 2. The molecular formula is C17H21N5O2. The van der Waals surface area contributed by atoms with Gasteiger partial charge in [-0.15, -0.1) is 0 Å². The van der Waals surface area contributed by atoms with E-state index in [9.17, 15) is 4.79 Å². The van der Waals surface area contributed by atoms with Crippen molar-refractivity contribution >= 4 is 11.7 Å². The van der Waals surface area contributed by atoms with Gasteiger partial charge in [-0.05, 0) is 25.0 Å². The molecule has 7 heteroatoms. The lowest BCUT2D eigenvalue weighted by molar-refractivity contribution is -0.129. The van der Waals surface area contributed by atoms with Gasteiger partial charge in [-0.3, -0.25) is 9.78 Å². The molecule has 0 aromatic carbocycles. The van der Waals surface area contributed by atoms with Gasteiger partial charge in [0.1, 0.15) is 11.9 Å². The third kappa shape index (κ3) is 4.05. The number of anilines is 1. The van der Waals surface area contributed by atoms with Gasteiger partial charge in [0.15, 0.2) is 5.82 Å². The Bertz CT molecular complexity index is 687. The quantitative estimate of drug-likeness (QED) is 0.834. The lowest BCUT2D eigenvalue weighted by Crippen LogP contribution is -2.35. The number of amides is 1. The van der Waals surface area contributed by atoms with Crippen LogP contribution in [0.5, 0.6) is 0 Å². The van der Waals surface area contributed by atoms with Crippen LogP contribution in [0.15, 0.2) is 30.6 Å². The second kappa shape index (κ2) is 7.83. The monoisotopic (exact) mass is 327 g/mol. The van der Waals surface area contributed by atoms with Crippen molar-refractivity contribution < 1.29 is 9.53 Å². The molecule has 1 amide bonds. The molecule has 3 heterocycles. The summed E-state index contributed by atoms with van der Waals surface area (Å²) in [5.74, 6) is 1.35. The first-order valence-corrected chi connectivity index (χ1v) is 8.11. The van der Waals surface area contributed by atoms with Crippen molar-refractivity contribution in [3.8, 4) is 11.4 Å². The number of hydrogen-bond donors (Lipinski definition) is 2. The summed E-state index contributed by atoms with van der Waals surface area (Å²) < 4.78 is 5.38. The SMILES string of the molecule is CNc1cc(CCNC(=O)[C@H]2CCCO2)nc(-c2ccncc2)n1. The molecule has 1 atom stereocenters. The number of aromatic nitrogens is 3. The molecule has 0 bridgehead atoms. The molecule has 126 valence electrons. The molecular weight excluding hydrogens is 306 g/mol. The molecule has 1 saturated heterocycles. The molecule has 0 radical (unpaired) electrons. The van der Waals surface area contributed by atoms with Crippen LogP contribution in [-0.4, -0.2) is 47.2 Å². The summed E-state index contributed by atoms with van der Waals surface area (Å²) in [5, 5.41) is 5.96. The van der Waals surface area contributed by atoms with Crippen LogP contribution in [0, 0.1) is 0 Å². The summed E-state index contributed by atoms with van der Waals surface area (Å²) in [7, 11) is 1.82. The van der Waals surface area contributed by atoms with E-state index in [0.29, 0.717) is 25.4 Å². The second-order valence-corrected chi connectivity index (χ2v) is 5.60. The van der Waals surface area contributed by atoms with Crippen molar-refractivity contribution in [1.29, 1.82) is 0 Å². The first-order chi connectivity index (χ1) is 11.8. The first kappa shape index (κ1) is 16.3. The highest BCUT2D eigenvalue weighted by atomic mass is 16.5. The number of nitrogens with zero attached hydrogens (tertiary/aromatic N) is 3. The van der Waals surface area contributed by atoms with E-state index in [1.165, 1.54) is 0 Å². The summed E-state index contributed by atoms with van der Waals surface area (Å²) in [5.41, 5.74) is 1.78. The van der Waals surface area contributed by atoms with Crippen LogP contribution in [0.3, 0.4) is 0 Å². The molecule has 2 N–H and O–H groups in total. The third-order valence-electron chi connectivity index (χ3n) is 3.88. The number of rotatable bonds is 6. The van der Waals surface area contributed by atoms with Crippen molar-refractivity contribution in [2.45, 2.75) is 25.4 Å². The van der Waals surface area contributed by atoms with Crippen molar-refractivity contribution in [1.82, 2.24) is 20.3 Å². The molecule has 7 nitrogen and oxygen atoms in total. The molecule has 0 unspecified atom stereocenters. The Morgan fingerprint density at radius 1 is 1.33 bits per heavy atom. The average Bonchev–Trinajstić information content (AvgIpc) is 3.17. The first-order valence-electron chi connectivity index (χ1n) is 8.11. The topological polar surface area (TPSA) is 89.0 Å². The minimum absolute atomic E-state index is 0.0373. The van der Waals surface area contributed by atoms with Gasteiger partial charge in [0.05, 0.1) is 0 Å². The number of pyridine rings is 1. The van der Waals surface area contributed by atoms with E-state index in [1.54, 1.807) is 12.4 Å². The number of carbonyl (C=O) groups is 1. The van der Waals surface area contributed by atoms with Gasteiger partial charge in [0.2, 0.25) is 5.91 Å². The summed E-state index contributed by atoms with van der Waals surface area (Å²) in [4.78, 5) is 25.0. The predicted octanol–water partition coefficient (Wildman–Crippen LogP) is 1.42. The molecule has 0 aliphatic carbocycles. The van der Waals surface area contributed by atoms with Crippen LogP contribution in [0.4, 0.5) is 5.82 Å². The van der Waals surface area contributed by atoms with E-state index < -0.39 is 0 Å². The Hall–Kier alpha value is -2.54. The van der Waals surface area contributed by atoms with Crippen LogP contribution in [0.25, 0.3) is 11.4 Å². The fraction of sp³-hybridized carbons (Fsp3) is 0.412. The smallest absolute Gasteiger partial charge is 0.249 e. The van der Waals surface area contributed by atoms with E-state index in [-0.39, 0.29) is 12.0 Å². The van der Waals surface area contributed by atoms with Crippen LogP contribution in [0.1, 0.15) is 18.5 Å². The molecule has 0 spiro atoms. The van der Waals surface area contributed by atoms with Crippen molar-refractivity contribution in [3.05, 3.63) is 36.3 Å². The average molecular weight is 327 g/mol. The summed E-state index contributed by atoms with van der Waals surface area (Å²) >= 11 is 0. The van der Waals surface area contributed by atoms with E-state index in [1.807, 2.05) is 25.2 Å². The number of carbonyl (C=O) groups excluding carboxylic acids is 1. The van der Waals surface area contributed by atoms with Crippen LogP contribution in [0.2, 0.25) is 0 Å². The summed E-state index contributed by atoms with van der Waals surface area (Å²) in [6.45, 7) is 1.19. The highest BCUT2D eigenvalue weighted by molar-refractivity contribution is 5.80. The van der Waals surface area contributed by atoms with Crippen LogP contribution >= 0.6 is 0 Å². The molecule has 1 fully saturated rings. The summed E-state index contributed by atoms with van der Waals surface area (Å²) in [6.07, 6.45) is 5.52. The van der Waals surface area contributed by atoms with Crippen LogP contribution < -0.4 is 10.6 Å². The highest BCUT2D eigenvalue weighted by Crippen LogP contribution is 2.17. The van der Waals surface area contributed by atoms with Crippen LogP contribution in [-0.2, 0) is 16.0 Å². The predicted molar refractivity (Wildman–Crippen MR) is 90.5 cm³/mol. The van der Waals surface area contributed by atoms with Gasteiger partial charge in [0, 0.05) is 56.3 Å². The normalized spacial score (nSPS) is 16.8. The zero-order valence-corrected chi connectivity index (χ0v) is 13.7. The Kier molecular flexibility index (Phi) is 5.32. The summed E-state index contributed by atoms with van der Waals surface area (Å²) in [6, 6.07) is 5.64. The van der Waals surface area contributed by atoms with Crippen molar-refractivity contribution in [3.63, 3.8) is 0 Å². The Morgan fingerprint density at radius 3 is 2.88 bits per heavy atom. The molecule has 1 aliphatic heterocycles. The Morgan fingerprint density at radius 2 is 2.17 bits per heavy atom. The molecule has 2 aromatic heterocycles. The molecule has 1 aliphatic rings. The Labute approximate surface area is 140 Å². The molecule has 3 rings (SSSR count). The zero-order chi connectivity index (χ0) is 16.8. The van der Waals surface area contributed by atoms with E-state index >= 15 is 0 Å². The molecule has 2 aromatic rings. The van der Waals surface area contributed by atoms with E-state index in [0.717, 1.165) is 29.9 Å². The maximum atomic E-state index is 12.0. The second-order valence-electron chi connectivity index (χ2n) is 5.60. The maximum absolute atomic E-state index is 12.0. The molecule has 0 saturated carbocycles. The van der Waals surface area contributed by atoms with Gasteiger partial charge in [-0.2, -0.15) is 0 Å². The van der Waals surface area contributed by atoms with Gasteiger partial charge in [0.25, 0.3) is 0 Å². The number of ether oxygens (including phenoxy) is 1. The van der Waals surface area contributed by atoms with E-state index in [4.69, 9.17) is 4.74 Å². The fourth-order valence-electron chi connectivity index (χ4n) is 2.60. The van der Waals surface area contributed by atoms with Gasteiger partial charge in [-0.1, -0.05) is 0 Å². The largest absolute Gasteiger partial charge is 0.373 e. The lowest BCUT2D eigenvalue weighted by Gasteiger charge is -2.11. The fourth-order valence-corrected chi connectivity index (χ4v) is 2.60. The van der Waals surface area contributed by atoms with Crippen molar-refractivity contribution in [2.75, 3.05) is 25.5 Å². The van der Waals surface area contributed by atoms with E-state index in [2.05, 4.69) is 25.6 Å². The van der Waals surface area contributed by atoms with Crippen molar-refractivity contribution in [2.24, 2.45) is 0 Å². The standard InChI is InChI=1S/C17H21N5O2/c1-18-15-11-13(6-9-20-17(23)14-3-2-10-24-14)21-16(22-15)12-4-7-19-8-5-12/h4-5,7-8,11,14H,2-3,6,9-10H2,1H3,(H,20,23)(H,18,21,22)/t14-/m1/s1. The molecule has 24 heavy (non-hydrogen) atoms. The zero-order valence-electron chi connectivity index (χ0n) is 13.7. The van der Waals surface area contributed by atoms with Gasteiger partial charge < -0.3 is 15.4 Å². The lowest BCUT2D eigenvalue weighted by atomic mass is 10.2. The third-order valence-corrected chi connectivity index (χ3v) is 3.88. The number of hydrogen-bond acceptors (Lipinski definition) is 6. The van der Waals surface area contributed by atoms with Gasteiger partial charge >= 0.3 is 0 Å².